The zero-order valence-electron chi connectivity index (χ0n) is 8.69. The Balaban J connectivity index is 2.03. The van der Waals surface area contributed by atoms with Gasteiger partial charge in [0, 0.05) is 37.1 Å². The second-order valence-electron chi connectivity index (χ2n) is 3.91. The number of nitrogens with two attached hydrogens (primary N) is 1. The lowest BCUT2D eigenvalue weighted by Gasteiger charge is -2.24. The number of pyridine rings is 1. The van der Waals surface area contributed by atoms with E-state index in [9.17, 15) is 0 Å². The van der Waals surface area contributed by atoms with E-state index >= 15 is 0 Å². The van der Waals surface area contributed by atoms with Crippen molar-refractivity contribution in [3.63, 3.8) is 0 Å². The van der Waals surface area contributed by atoms with Crippen molar-refractivity contribution in [3.05, 3.63) is 24.5 Å². The molecule has 15 heavy (non-hydrogen) atoms. The molecule has 0 saturated heterocycles. The average Bonchev–Trinajstić information content (AvgIpc) is 3.03. The summed E-state index contributed by atoms with van der Waals surface area (Å²) in [5.41, 5.74) is 6.57. The fourth-order valence-corrected chi connectivity index (χ4v) is 1.69. The van der Waals surface area contributed by atoms with Gasteiger partial charge < -0.3 is 10.6 Å². The van der Waals surface area contributed by atoms with Crippen LogP contribution in [0.1, 0.15) is 19.3 Å². The normalized spacial score (nSPS) is 14.9. The molecule has 1 saturated carbocycles. The summed E-state index contributed by atoms with van der Waals surface area (Å²) in [5.74, 6) is 0.259. The Labute approximate surface area is 89.6 Å². The van der Waals surface area contributed by atoms with Crippen LogP contribution in [0.15, 0.2) is 24.5 Å². The van der Waals surface area contributed by atoms with Crippen LogP contribution in [0.3, 0.4) is 0 Å². The van der Waals surface area contributed by atoms with Crippen LogP contribution in [-0.2, 0) is 0 Å². The van der Waals surface area contributed by atoms with Gasteiger partial charge in [0.25, 0.3) is 0 Å². The Morgan fingerprint density at radius 1 is 1.47 bits per heavy atom. The Kier molecular flexibility index (Phi) is 2.85. The van der Waals surface area contributed by atoms with Gasteiger partial charge in [-0.15, -0.1) is 0 Å². The zero-order valence-corrected chi connectivity index (χ0v) is 8.69. The Morgan fingerprint density at radius 2 is 2.13 bits per heavy atom. The number of rotatable bonds is 5. The maximum atomic E-state index is 7.25. The zero-order chi connectivity index (χ0) is 10.7. The van der Waals surface area contributed by atoms with Gasteiger partial charge in [-0.3, -0.25) is 10.4 Å². The number of aromatic nitrogens is 1. The minimum atomic E-state index is 0.259. The Bertz CT molecular complexity index is 332. The number of amidine groups is 1. The van der Waals surface area contributed by atoms with E-state index in [0.29, 0.717) is 12.5 Å². The molecule has 0 atom stereocenters. The molecule has 1 aromatic heterocycles. The summed E-state index contributed by atoms with van der Waals surface area (Å²) < 4.78 is 0. The molecule has 0 bridgehead atoms. The second kappa shape index (κ2) is 4.29. The van der Waals surface area contributed by atoms with Crippen LogP contribution in [0.5, 0.6) is 0 Å². The molecule has 80 valence electrons. The van der Waals surface area contributed by atoms with Gasteiger partial charge in [-0.25, -0.2) is 0 Å². The molecule has 2 rings (SSSR count). The third kappa shape index (κ3) is 2.68. The standard InChI is InChI=1S/C11H16N4/c12-11(13)5-8-15(9-1-2-9)10-3-6-14-7-4-10/h3-4,6-7,9H,1-2,5,8H2,(H3,12,13). The summed E-state index contributed by atoms with van der Waals surface area (Å²) in [4.78, 5) is 6.33. The number of hydrogen-bond donors (Lipinski definition) is 2. The summed E-state index contributed by atoms with van der Waals surface area (Å²) in [6, 6.07) is 4.67. The number of anilines is 1. The van der Waals surface area contributed by atoms with Gasteiger partial charge in [0.05, 0.1) is 5.84 Å². The first-order valence-electron chi connectivity index (χ1n) is 5.27. The van der Waals surface area contributed by atoms with Gasteiger partial charge in [0.2, 0.25) is 0 Å². The lowest BCUT2D eigenvalue weighted by molar-refractivity contribution is 0.796. The number of nitrogens with zero attached hydrogens (tertiary/aromatic N) is 2. The van der Waals surface area contributed by atoms with Gasteiger partial charge in [0.1, 0.15) is 0 Å². The lowest BCUT2D eigenvalue weighted by atomic mass is 10.3. The molecule has 1 aliphatic rings. The highest BCUT2D eigenvalue weighted by Crippen LogP contribution is 2.31. The summed E-state index contributed by atoms with van der Waals surface area (Å²) >= 11 is 0. The van der Waals surface area contributed by atoms with Crippen LogP contribution in [0.2, 0.25) is 0 Å². The number of nitrogens with one attached hydrogen (secondary N) is 1. The molecule has 1 fully saturated rings. The van der Waals surface area contributed by atoms with Crippen molar-refractivity contribution >= 4 is 11.5 Å². The topological polar surface area (TPSA) is 66.0 Å². The van der Waals surface area contributed by atoms with Crippen molar-refractivity contribution in [2.45, 2.75) is 25.3 Å². The minimum Gasteiger partial charge on any atom is -0.388 e. The van der Waals surface area contributed by atoms with Crippen LogP contribution in [0.4, 0.5) is 5.69 Å². The SMILES string of the molecule is N=C(N)CCN(c1ccncc1)C1CC1. The molecule has 1 heterocycles. The summed E-state index contributed by atoms with van der Waals surface area (Å²) in [6.45, 7) is 0.837. The summed E-state index contributed by atoms with van der Waals surface area (Å²) in [5, 5.41) is 7.25. The summed E-state index contributed by atoms with van der Waals surface area (Å²) in [7, 11) is 0. The molecule has 1 aliphatic carbocycles. The molecule has 0 spiro atoms. The van der Waals surface area contributed by atoms with Crippen LogP contribution < -0.4 is 10.6 Å². The van der Waals surface area contributed by atoms with Gasteiger partial charge in [-0.05, 0) is 25.0 Å². The maximum absolute atomic E-state index is 7.25. The van der Waals surface area contributed by atoms with E-state index in [1.807, 2.05) is 12.1 Å². The molecule has 0 unspecified atom stereocenters. The quantitative estimate of drug-likeness (QED) is 0.562. The van der Waals surface area contributed by atoms with Gasteiger partial charge in [-0.2, -0.15) is 0 Å². The Morgan fingerprint density at radius 3 is 2.67 bits per heavy atom. The molecule has 4 heteroatoms. The third-order valence-electron chi connectivity index (χ3n) is 2.60. The lowest BCUT2D eigenvalue weighted by Crippen LogP contribution is -2.29. The van der Waals surface area contributed by atoms with Gasteiger partial charge in [-0.1, -0.05) is 0 Å². The average molecular weight is 204 g/mol. The fourth-order valence-electron chi connectivity index (χ4n) is 1.69. The van der Waals surface area contributed by atoms with Crippen molar-refractivity contribution in [2.75, 3.05) is 11.4 Å². The molecule has 0 aromatic carbocycles. The molecule has 1 aromatic rings. The van der Waals surface area contributed by atoms with E-state index in [2.05, 4.69) is 9.88 Å². The van der Waals surface area contributed by atoms with Gasteiger partial charge >= 0.3 is 0 Å². The van der Waals surface area contributed by atoms with Gasteiger partial charge in [0.15, 0.2) is 0 Å². The molecule has 4 nitrogen and oxygen atoms in total. The van der Waals surface area contributed by atoms with Crippen molar-refractivity contribution < 1.29 is 0 Å². The first-order chi connectivity index (χ1) is 7.27. The second-order valence-corrected chi connectivity index (χ2v) is 3.91. The largest absolute Gasteiger partial charge is 0.388 e. The van der Waals surface area contributed by atoms with E-state index in [1.54, 1.807) is 12.4 Å². The predicted octanol–water partition coefficient (Wildman–Crippen LogP) is 1.38. The van der Waals surface area contributed by atoms with E-state index < -0.39 is 0 Å². The Hall–Kier alpha value is -1.58. The first kappa shape index (κ1) is 9.96. The molecule has 3 N–H and O–H groups in total. The first-order valence-corrected chi connectivity index (χ1v) is 5.27. The number of hydrogen-bond acceptors (Lipinski definition) is 3. The highest BCUT2D eigenvalue weighted by molar-refractivity contribution is 5.77. The van der Waals surface area contributed by atoms with E-state index in [-0.39, 0.29) is 5.84 Å². The smallest absolute Gasteiger partial charge is 0.0923 e. The molecular formula is C11H16N4. The molecule has 0 radical (unpaired) electrons. The van der Waals surface area contributed by atoms with Crippen LogP contribution >= 0.6 is 0 Å². The monoisotopic (exact) mass is 204 g/mol. The highest BCUT2D eigenvalue weighted by atomic mass is 15.2. The molecular weight excluding hydrogens is 188 g/mol. The molecule has 0 amide bonds. The van der Waals surface area contributed by atoms with Crippen LogP contribution in [0, 0.1) is 5.41 Å². The highest BCUT2D eigenvalue weighted by Gasteiger charge is 2.28. The predicted molar refractivity (Wildman–Crippen MR) is 61.1 cm³/mol. The van der Waals surface area contributed by atoms with Crippen molar-refractivity contribution in [2.24, 2.45) is 5.73 Å². The van der Waals surface area contributed by atoms with E-state index in [1.165, 1.54) is 18.5 Å². The minimum absolute atomic E-state index is 0.259. The van der Waals surface area contributed by atoms with Crippen molar-refractivity contribution in [1.29, 1.82) is 5.41 Å². The summed E-state index contributed by atoms with van der Waals surface area (Å²) in [6.07, 6.45) is 6.75. The van der Waals surface area contributed by atoms with Crippen molar-refractivity contribution in [3.8, 4) is 0 Å². The fraction of sp³-hybridized carbons (Fsp3) is 0.455. The third-order valence-corrected chi connectivity index (χ3v) is 2.60. The maximum Gasteiger partial charge on any atom is 0.0923 e. The van der Waals surface area contributed by atoms with E-state index in [0.717, 1.165) is 6.54 Å². The van der Waals surface area contributed by atoms with Crippen molar-refractivity contribution in [1.82, 2.24) is 4.98 Å². The van der Waals surface area contributed by atoms with Crippen LogP contribution in [0.25, 0.3) is 0 Å². The van der Waals surface area contributed by atoms with E-state index in [4.69, 9.17) is 11.1 Å². The van der Waals surface area contributed by atoms with Crippen LogP contribution in [-0.4, -0.2) is 23.4 Å². The molecule has 0 aliphatic heterocycles.